The number of Topliss-reactive ketones (excluding diaryl/α,β-unsaturated/α-hetero) is 1. The average molecular weight is 527 g/mol. The molecule has 1 aliphatic heterocycles. The quantitative estimate of drug-likeness (QED) is 0.541. The highest BCUT2D eigenvalue weighted by molar-refractivity contribution is 6.07. The normalized spacial score (nSPS) is 17.8. The number of amides is 3. The molecule has 0 spiro atoms. The van der Waals surface area contributed by atoms with Crippen LogP contribution in [0.15, 0.2) is 59.8 Å². The van der Waals surface area contributed by atoms with Crippen molar-refractivity contribution in [3.8, 4) is 6.07 Å². The van der Waals surface area contributed by atoms with Crippen molar-refractivity contribution in [2.45, 2.75) is 31.5 Å². The summed E-state index contributed by atoms with van der Waals surface area (Å²) in [4.78, 5) is 42.4. The number of ketones is 1. The van der Waals surface area contributed by atoms with Crippen molar-refractivity contribution < 1.29 is 32.3 Å². The van der Waals surface area contributed by atoms with Gasteiger partial charge in [-0.1, -0.05) is 18.2 Å². The molecule has 1 N–H and O–H groups in total. The lowest BCUT2D eigenvalue weighted by molar-refractivity contribution is -0.137. The minimum atomic E-state index is -4.64. The smallest absolute Gasteiger partial charge is 0.383 e. The number of urea groups is 1. The van der Waals surface area contributed by atoms with Gasteiger partial charge in [-0.15, -0.1) is 0 Å². The van der Waals surface area contributed by atoms with Crippen molar-refractivity contribution in [1.82, 2.24) is 10.2 Å². The van der Waals surface area contributed by atoms with E-state index in [-0.39, 0.29) is 36.6 Å². The molecule has 4 rings (SSSR count). The van der Waals surface area contributed by atoms with Crippen molar-refractivity contribution in [1.29, 1.82) is 5.26 Å². The summed E-state index contributed by atoms with van der Waals surface area (Å²) in [5.74, 6) is -0.778. The summed E-state index contributed by atoms with van der Waals surface area (Å²) in [7, 11) is 1.47. The number of carbonyl (C=O) groups excluding carboxylic acids is 3. The van der Waals surface area contributed by atoms with Gasteiger partial charge in [0.2, 0.25) is 5.91 Å². The van der Waals surface area contributed by atoms with Gasteiger partial charge in [0.1, 0.15) is 6.54 Å². The number of halogens is 3. The van der Waals surface area contributed by atoms with E-state index < -0.39 is 36.3 Å². The number of rotatable bonds is 7. The van der Waals surface area contributed by atoms with Crippen molar-refractivity contribution in [3.05, 3.63) is 76.5 Å². The molecule has 0 saturated heterocycles. The molecule has 38 heavy (non-hydrogen) atoms. The summed E-state index contributed by atoms with van der Waals surface area (Å²) < 4.78 is 45.4. The Hall–Kier alpha value is -4.17. The van der Waals surface area contributed by atoms with Gasteiger partial charge in [-0.05, 0) is 48.7 Å². The minimum absolute atomic E-state index is 0.0462. The molecule has 2 aromatic rings. The summed E-state index contributed by atoms with van der Waals surface area (Å²) in [6, 6.07) is 11.0. The van der Waals surface area contributed by atoms with E-state index in [0.29, 0.717) is 29.7 Å². The second-order valence-electron chi connectivity index (χ2n) is 8.91. The summed E-state index contributed by atoms with van der Waals surface area (Å²) >= 11 is 0. The van der Waals surface area contributed by atoms with Crippen LogP contribution in [-0.4, -0.2) is 49.4 Å². The number of hydrogen-bond acceptors (Lipinski definition) is 5. The molecule has 8 nitrogen and oxygen atoms in total. The number of nitriles is 1. The molecule has 0 saturated carbocycles. The lowest BCUT2D eigenvalue weighted by Crippen LogP contribution is -2.54. The number of allylic oxidation sites excluding steroid dienone is 1. The minimum Gasteiger partial charge on any atom is -0.383 e. The van der Waals surface area contributed by atoms with Crippen molar-refractivity contribution >= 4 is 23.4 Å². The molecule has 1 heterocycles. The van der Waals surface area contributed by atoms with Gasteiger partial charge >= 0.3 is 12.2 Å². The second kappa shape index (κ2) is 11.1. The number of nitrogens with zero attached hydrogens (tertiary/aromatic N) is 3. The predicted molar refractivity (Wildman–Crippen MR) is 131 cm³/mol. The highest BCUT2D eigenvalue weighted by Gasteiger charge is 2.45. The Morgan fingerprint density at radius 1 is 1.16 bits per heavy atom. The highest BCUT2D eigenvalue weighted by atomic mass is 19.4. The summed E-state index contributed by atoms with van der Waals surface area (Å²) in [6.45, 7) is -0.0290. The first-order valence-electron chi connectivity index (χ1n) is 12.0. The molecule has 0 fully saturated rings. The Kier molecular flexibility index (Phi) is 7.83. The summed E-state index contributed by atoms with van der Waals surface area (Å²) in [5.41, 5.74) is 0.460. The van der Waals surface area contributed by atoms with Crippen LogP contribution in [0.4, 0.5) is 23.7 Å². The fourth-order valence-corrected chi connectivity index (χ4v) is 4.74. The van der Waals surface area contributed by atoms with E-state index in [4.69, 9.17) is 4.74 Å². The first-order chi connectivity index (χ1) is 18.2. The molecule has 2 aliphatic rings. The van der Waals surface area contributed by atoms with Crippen LogP contribution in [0, 0.1) is 11.3 Å². The van der Waals surface area contributed by atoms with Crippen LogP contribution >= 0.6 is 0 Å². The maximum atomic E-state index is 14.0. The third kappa shape index (κ3) is 5.40. The molecule has 11 heteroatoms. The molecule has 0 aromatic heterocycles. The van der Waals surface area contributed by atoms with Gasteiger partial charge in [0.25, 0.3) is 0 Å². The Bertz CT molecular complexity index is 1310. The summed E-state index contributed by atoms with van der Waals surface area (Å²) in [6.07, 6.45) is -3.72. The fraction of sp³-hybridized carbons (Fsp3) is 0.333. The molecule has 2 aromatic carbocycles. The number of carbonyl (C=O) groups is 3. The van der Waals surface area contributed by atoms with Gasteiger partial charge in [0.05, 0.1) is 35.5 Å². The zero-order valence-electron chi connectivity index (χ0n) is 20.5. The Labute approximate surface area is 217 Å². The SMILES string of the molecule is COCCNC(=O)CN1C(=O)N(c2cccc(C(F)(F)F)c2)C2=C(C(=O)CCC2)C1c1ccc(C#N)cc1. The van der Waals surface area contributed by atoms with E-state index in [0.717, 1.165) is 17.0 Å². The number of ether oxygens (including phenoxy) is 1. The molecule has 0 bridgehead atoms. The van der Waals surface area contributed by atoms with Gasteiger partial charge in [-0.25, -0.2) is 4.79 Å². The molecular weight excluding hydrogens is 501 g/mol. The van der Waals surface area contributed by atoms with Crippen LogP contribution in [0.2, 0.25) is 0 Å². The van der Waals surface area contributed by atoms with Crippen molar-refractivity contribution in [2.24, 2.45) is 0 Å². The number of methoxy groups -OCH3 is 1. The van der Waals surface area contributed by atoms with Crippen LogP contribution in [0.3, 0.4) is 0 Å². The zero-order valence-corrected chi connectivity index (χ0v) is 20.5. The van der Waals surface area contributed by atoms with Crippen LogP contribution < -0.4 is 10.2 Å². The maximum Gasteiger partial charge on any atom is 0.416 e. The number of alkyl halides is 3. The average Bonchev–Trinajstić information content (AvgIpc) is 2.89. The van der Waals surface area contributed by atoms with E-state index in [2.05, 4.69) is 5.32 Å². The first kappa shape index (κ1) is 26.9. The number of hydrogen-bond donors (Lipinski definition) is 1. The van der Waals surface area contributed by atoms with Crippen LogP contribution in [0.5, 0.6) is 0 Å². The Balaban J connectivity index is 1.87. The van der Waals surface area contributed by atoms with Crippen molar-refractivity contribution in [3.63, 3.8) is 0 Å². The van der Waals surface area contributed by atoms with Crippen LogP contribution in [0.25, 0.3) is 0 Å². The van der Waals surface area contributed by atoms with Crippen molar-refractivity contribution in [2.75, 3.05) is 31.7 Å². The lowest BCUT2D eigenvalue weighted by Gasteiger charge is -2.45. The lowest BCUT2D eigenvalue weighted by atomic mass is 9.83. The molecule has 0 radical (unpaired) electrons. The monoisotopic (exact) mass is 526 g/mol. The van der Waals surface area contributed by atoms with Gasteiger partial charge in [-0.3, -0.25) is 14.5 Å². The van der Waals surface area contributed by atoms with Gasteiger partial charge in [0, 0.05) is 31.3 Å². The third-order valence-corrected chi connectivity index (χ3v) is 6.45. The molecule has 198 valence electrons. The maximum absolute atomic E-state index is 14.0. The standard InChI is InChI=1S/C27H25F3N4O4/c1-38-13-12-32-23(36)16-33-25(18-10-8-17(15-31)9-11-18)24-21(6-3-7-22(24)35)34(26(33)37)20-5-2-4-19(14-20)27(28,29)30/h2,4-5,8-11,14,25H,3,6-7,12-13,16H2,1H3,(H,32,36). The van der Waals surface area contributed by atoms with Gasteiger partial charge < -0.3 is 15.0 Å². The number of anilines is 1. The van der Waals surface area contributed by atoms with Crippen LogP contribution in [0.1, 0.15) is 42.0 Å². The first-order valence-corrected chi connectivity index (χ1v) is 12.0. The Morgan fingerprint density at radius 3 is 2.55 bits per heavy atom. The van der Waals surface area contributed by atoms with E-state index in [1.54, 1.807) is 24.3 Å². The summed E-state index contributed by atoms with van der Waals surface area (Å²) in [5, 5.41) is 11.8. The fourth-order valence-electron chi connectivity index (χ4n) is 4.74. The van der Waals surface area contributed by atoms with E-state index >= 15 is 0 Å². The molecular formula is C27H25F3N4O4. The van der Waals surface area contributed by atoms with E-state index in [9.17, 15) is 32.8 Å². The largest absolute Gasteiger partial charge is 0.416 e. The second-order valence-corrected chi connectivity index (χ2v) is 8.91. The predicted octanol–water partition coefficient (Wildman–Crippen LogP) is 4.33. The molecule has 3 amide bonds. The number of nitrogens with one attached hydrogen (secondary N) is 1. The van der Waals surface area contributed by atoms with E-state index in [1.165, 1.54) is 24.1 Å². The topological polar surface area (TPSA) is 103 Å². The highest BCUT2D eigenvalue weighted by Crippen LogP contribution is 2.44. The Morgan fingerprint density at radius 2 is 1.89 bits per heavy atom. The van der Waals surface area contributed by atoms with Crippen LogP contribution in [-0.2, 0) is 20.5 Å². The zero-order chi connectivity index (χ0) is 27.4. The van der Waals surface area contributed by atoms with Gasteiger partial charge in [0.15, 0.2) is 5.78 Å². The van der Waals surface area contributed by atoms with E-state index in [1.807, 2.05) is 6.07 Å². The number of benzene rings is 2. The molecule has 1 atom stereocenters. The third-order valence-electron chi connectivity index (χ3n) is 6.45. The molecule has 1 aliphatic carbocycles. The molecule has 1 unspecified atom stereocenters. The van der Waals surface area contributed by atoms with Gasteiger partial charge in [-0.2, -0.15) is 18.4 Å².